The van der Waals surface area contributed by atoms with E-state index in [4.69, 9.17) is 5.41 Å². The van der Waals surface area contributed by atoms with Gasteiger partial charge in [0.2, 0.25) is 0 Å². The summed E-state index contributed by atoms with van der Waals surface area (Å²) in [5.41, 5.74) is 0.641. The molecule has 1 nitrogen and oxygen atoms in total. The molecule has 0 saturated heterocycles. The minimum Gasteiger partial charge on any atom is -0.305 e. The fourth-order valence-electron chi connectivity index (χ4n) is 0.371. The van der Waals surface area contributed by atoms with E-state index in [2.05, 4.69) is 13.5 Å². The van der Waals surface area contributed by atoms with Crippen LogP contribution in [0, 0.1) is 5.41 Å². The van der Waals surface area contributed by atoms with Gasteiger partial charge in [-0.15, -0.1) is 0 Å². The van der Waals surface area contributed by atoms with Crippen LogP contribution in [0.3, 0.4) is 0 Å². The van der Waals surface area contributed by atoms with Crippen molar-refractivity contribution in [3.63, 3.8) is 0 Å². The summed E-state index contributed by atoms with van der Waals surface area (Å²) in [6.45, 7) is 5.51. The van der Waals surface area contributed by atoms with E-state index in [1.807, 2.05) is 0 Å². The van der Waals surface area contributed by atoms with Gasteiger partial charge in [-0.2, -0.15) is 0 Å². The molecule has 0 fully saturated rings. The van der Waals surface area contributed by atoms with Gasteiger partial charge in [0.05, 0.1) is 0 Å². The highest BCUT2D eigenvalue weighted by Crippen LogP contribution is 1.87. The molecule has 0 aliphatic heterocycles. The van der Waals surface area contributed by atoms with E-state index in [9.17, 15) is 0 Å². The van der Waals surface area contributed by atoms with Crippen molar-refractivity contribution in [2.24, 2.45) is 0 Å². The zero-order valence-corrected chi connectivity index (χ0v) is 4.70. The molecule has 0 heterocycles. The number of nitrogens with one attached hydrogen (secondary N) is 1. The van der Waals surface area contributed by atoms with E-state index in [0.717, 1.165) is 12.8 Å². The standard InChI is InChI=1S/C6H11N/c1-3-5-6(7)4-2/h4,7H,2-3,5H2,1H3. The summed E-state index contributed by atoms with van der Waals surface area (Å²) in [4.78, 5) is 0. The Balaban J connectivity index is 3.17. The Hall–Kier alpha value is -0.590. The maximum Gasteiger partial charge on any atom is 0.0307 e. The van der Waals surface area contributed by atoms with E-state index in [1.165, 1.54) is 0 Å². The van der Waals surface area contributed by atoms with Crippen molar-refractivity contribution in [1.82, 2.24) is 0 Å². The fourth-order valence-corrected chi connectivity index (χ4v) is 0.371. The first kappa shape index (κ1) is 6.41. The van der Waals surface area contributed by atoms with E-state index in [-0.39, 0.29) is 0 Å². The van der Waals surface area contributed by atoms with Crippen LogP contribution < -0.4 is 0 Å². The summed E-state index contributed by atoms with van der Waals surface area (Å²) in [5.74, 6) is 0. The lowest BCUT2D eigenvalue weighted by atomic mass is 10.2. The molecule has 0 aliphatic rings. The van der Waals surface area contributed by atoms with Crippen molar-refractivity contribution in [2.45, 2.75) is 19.8 Å². The van der Waals surface area contributed by atoms with Crippen molar-refractivity contribution in [1.29, 1.82) is 5.41 Å². The molecular formula is C6H11N. The summed E-state index contributed by atoms with van der Waals surface area (Å²) in [6.07, 6.45) is 3.50. The first-order chi connectivity index (χ1) is 3.31. The van der Waals surface area contributed by atoms with Crippen LogP contribution in [0.15, 0.2) is 12.7 Å². The summed E-state index contributed by atoms with van der Waals surface area (Å²) in [6, 6.07) is 0. The van der Waals surface area contributed by atoms with Gasteiger partial charge >= 0.3 is 0 Å². The molecule has 0 spiro atoms. The van der Waals surface area contributed by atoms with Crippen LogP contribution >= 0.6 is 0 Å². The highest BCUT2D eigenvalue weighted by atomic mass is 14.4. The van der Waals surface area contributed by atoms with Crippen LogP contribution in [0.4, 0.5) is 0 Å². The molecule has 0 rings (SSSR count). The molecule has 0 aromatic carbocycles. The third-order valence-corrected chi connectivity index (χ3v) is 0.766. The summed E-state index contributed by atoms with van der Waals surface area (Å²) in [7, 11) is 0. The van der Waals surface area contributed by atoms with E-state index < -0.39 is 0 Å². The lowest BCUT2D eigenvalue weighted by Crippen LogP contribution is -1.85. The molecule has 0 aliphatic carbocycles. The quantitative estimate of drug-likeness (QED) is 0.521. The number of hydrogen-bond donors (Lipinski definition) is 1. The fraction of sp³-hybridized carbons (Fsp3) is 0.500. The van der Waals surface area contributed by atoms with Crippen LogP contribution in [0.5, 0.6) is 0 Å². The summed E-state index contributed by atoms with van der Waals surface area (Å²) in [5, 5.41) is 7.02. The highest BCUT2D eigenvalue weighted by molar-refractivity contribution is 5.91. The van der Waals surface area contributed by atoms with Crippen molar-refractivity contribution < 1.29 is 0 Å². The maximum absolute atomic E-state index is 7.02. The minimum absolute atomic E-state index is 0.641. The predicted molar refractivity (Wildman–Crippen MR) is 32.8 cm³/mol. The molecule has 40 valence electrons. The molecule has 0 radical (unpaired) electrons. The molecule has 1 N–H and O–H groups in total. The Morgan fingerprint density at radius 2 is 2.43 bits per heavy atom. The molecule has 0 unspecified atom stereocenters. The first-order valence-corrected chi connectivity index (χ1v) is 2.51. The molecule has 0 aromatic heterocycles. The zero-order chi connectivity index (χ0) is 5.70. The molecule has 0 atom stereocenters. The van der Waals surface area contributed by atoms with Gasteiger partial charge in [-0.3, -0.25) is 0 Å². The second-order valence-corrected chi connectivity index (χ2v) is 1.48. The monoisotopic (exact) mass is 97.1 g/mol. The Kier molecular flexibility index (Phi) is 3.29. The Labute approximate surface area is 44.6 Å². The Morgan fingerprint density at radius 1 is 1.86 bits per heavy atom. The average Bonchev–Trinajstić information content (AvgIpc) is 1.68. The largest absolute Gasteiger partial charge is 0.305 e. The van der Waals surface area contributed by atoms with Crippen LogP contribution in [-0.4, -0.2) is 5.71 Å². The van der Waals surface area contributed by atoms with Gasteiger partial charge in [-0.25, -0.2) is 0 Å². The summed E-state index contributed by atoms with van der Waals surface area (Å²) < 4.78 is 0. The first-order valence-electron chi connectivity index (χ1n) is 2.51. The van der Waals surface area contributed by atoms with Gasteiger partial charge in [0.25, 0.3) is 0 Å². The lowest BCUT2D eigenvalue weighted by Gasteiger charge is -1.87. The summed E-state index contributed by atoms with van der Waals surface area (Å²) >= 11 is 0. The Morgan fingerprint density at radius 3 is 2.57 bits per heavy atom. The van der Waals surface area contributed by atoms with Crippen LogP contribution in [-0.2, 0) is 0 Å². The van der Waals surface area contributed by atoms with Crippen molar-refractivity contribution in [3.05, 3.63) is 12.7 Å². The second-order valence-electron chi connectivity index (χ2n) is 1.48. The molecular weight excluding hydrogens is 86.1 g/mol. The molecule has 0 amide bonds. The molecule has 0 bridgehead atoms. The van der Waals surface area contributed by atoms with E-state index >= 15 is 0 Å². The predicted octanol–water partition coefficient (Wildman–Crippen LogP) is 1.99. The minimum atomic E-state index is 0.641. The van der Waals surface area contributed by atoms with E-state index in [0.29, 0.717) is 5.71 Å². The van der Waals surface area contributed by atoms with Gasteiger partial charge in [0.15, 0.2) is 0 Å². The molecule has 0 saturated carbocycles. The van der Waals surface area contributed by atoms with Crippen LogP contribution in [0.2, 0.25) is 0 Å². The third-order valence-electron chi connectivity index (χ3n) is 0.766. The van der Waals surface area contributed by atoms with Gasteiger partial charge in [-0.05, 0) is 12.5 Å². The van der Waals surface area contributed by atoms with Gasteiger partial charge < -0.3 is 5.41 Å². The number of allylic oxidation sites excluding steroid dienone is 1. The zero-order valence-electron chi connectivity index (χ0n) is 4.70. The topological polar surface area (TPSA) is 23.9 Å². The SMILES string of the molecule is C=CC(=N)CCC. The molecule has 0 aromatic rings. The van der Waals surface area contributed by atoms with Crippen molar-refractivity contribution >= 4 is 5.71 Å². The second kappa shape index (κ2) is 3.59. The lowest BCUT2D eigenvalue weighted by molar-refractivity contribution is 0.990. The van der Waals surface area contributed by atoms with Gasteiger partial charge in [0, 0.05) is 5.71 Å². The number of hydrogen-bond acceptors (Lipinski definition) is 1. The normalized spacial score (nSPS) is 8.14. The van der Waals surface area contributed by atoms with Crippen molar-refractivity contribution in [2.75, 3.05) is 0 Å². The van der Waals surface area contributed by atoms with Gasteiger partial charge in [0.1, 0.15) is 0 Å². The van der Waals surface area contributed by atoms with Crippen LogP contribution in [0.1, 0.15) is 19.8 Å². The molecule has 7 heavy (non-hydrogen) atoms. The van der Waals surface area contributed by atoms with Crippen LogP contribution in [0.25, 0.3) is 0 Å². The Bertz CT molecular complexity index is 74.2. The number of rotatable bonds is 3. The maximum atomic E-state index is 7.02. The third kappa shape index (κ3) is 3.23. The van der Waals surface area contributed by atoms with Crippen molar-refractivity contribution in [3.8, 4) is 0 Å². The highest BCUT2D eigenvalue weighted by Gasteiger charge is 1.82. The average molecular weight is 97.2 g/mol. The van der Waals surface area contributed by atoms with E-state index in [1.54, 1.807) is 6.08 Å². The smallest absolute Gasteiger partial charge is 0.0307 e. The molecule has 1 heteroatoms. The van der Waals surface area contributed by atoms with Gasteiger partial charge in [-0.1, -0.05) is 19.9 Å².